The van der Waals surface area contributed by atoms with Crippen LogP contribution in [0.2, 0.25) is 0 Å². The maximum Gasteiger partial charge on any atom is 0.102 e. The number of rotatable bonds is 14. The van der Waals surface area contributed by atoms with Gasteiger partial charge in [0, 0.05) is 0 Å². The summed E-state index contributed by atoms with van der Waals surface area (Å²) in [5.74, 6) is 0. The van der Waals surface area contributed by atoms with Gasteiger partial charge in [0.05, 0.1) is 13.2 Å². The van der Waals surface area contributed by atoms with Crippen molar-refractivity contribution in [2.75, 3.05) is 13.2 Å². The zero-order valence-corrected chi connectivity index (χ0v) is 14.8. The summed E-state index contributed by atoms with van der Waals surface area (Å²) in [4.78, 5) is 0. The molecule has 0 bridgehead atoms. The number of aliphatic hydroxyl groups excluding tert-OH is 1. The summed E-state index contributed by atoms with van der Waals surface area (Å²) in [6, 6.07) is 9.66. The van der Waals surface area contributed by atoms with Crippen molar-refractivity contribution < 1.29 is 9.84 Å². The molecule has 1 unspecified atom stereocenters. The molecular weight excluding hydrogens is 284 g/mol. The van der Waals surface area contributed by atoms with Gasteiger partial charge in [-0.2, -0.15) is 0 Å². The summed E-state index contributed by atoms with van der Waals surface area (Å²) in [5, 5.41) is 9.95. The Labute approximate surface area is 142 Å². The van der Waals surface area contributed by atoms with Crippen LogP contribution in [0.3, 0.4) is 0 Å². The average Bonchev–Trinajstić information content (AvgIpc) is 2.59. The largest absolute Gasteiger partial charge is 0.386 e. The van der Waals surface area contributed by atoms with Crippen molar-refractivity contribution in [3.63, 3.8) is 0 Å². The highest BCUT2D eigenvalue weighted by molar-refractivity contribution is 5.17. The van der Waals surface area contributed by atoms with Crippen molar-refractivity contribution in [3.05, 3.63) is 48.0 Å². The van der Waals surface area contributed by atoms with Crippen LogP contribution in [0.25, 0.3) is 0 Å². The smallest absolute Gasteiger partial charge is 0.102 e. The Morgan fingerprint density at radius 1 is 0.913 bits per heavy atom. The molecule has 0 saturated carbocycles. The predicted octanol–water partition coefficient (Wildman–Crippen LogP) is 5.82. The van der Waals surface area contributed by atoms with E-state index < -0.39 is 6.10 Å². The Bertz CT molecular complexity index is 386. The maximum absolute atomic E-state index is 9.95. The molecule has 130 valence electrons. The molecule has 1 rings (SSSR count). The van der Waals surface area contributed by atoms with Crippen molar-refractivity contribution in [2.24, 2.45) is 0 Å². The Morgan fingerprint density at radius 3 is 2.26 bits per heavy atom. The molecule has 2 nitrogen and oxygen atoms in total. The van der Waals surface area contributed by atoms with E-state index in [9.17, 15) is 5.11 Å². The first-order valence-corrected chi connectivity index (χ1v) is 9.30. The number of allylic oxidation sites excluding steroid dienone is 1. The summed E-state index contributed by atoms with van der Waals surface area (Å²) in [5.41, 5.74) is 0.912. The van der Waals surface area contributed by atoms with E-state index in [-0.39, 0.29) is 0 Å². The predicted molar refractivity (Wildman–Crippen MR) is 98.6 cm³/mol. The van der Waals surface area contributed by atoms with Gasteiger partial charge in [-0.05, 0) is 18.4 Å². The molecule has 0 heterocycles. The second-order valence-corrected chi connectivity index (χ2v) is 6.20. The van der Waals surface area contributed by atoms with Gasteiger partial charge in [-0.1, -0.05) is 94.4 Å². The molecule has 0 aliphatic carbocycles. The average molecular weight is 319 g/mol. The van der Waals surface area contributed by atoms with Crippen LogP contribution < -0.4 is 0 Å². The number of hydrogen-bond donors (Lipinski definition) is 1. The van der Waals surface area contributed by atoms with Gasteiger partial charge in [-0.25, -0.2) is 0 Å². The van der Waals surface area contributed by atoms with Gasteiger partial charge in [0.2, 0.25) is 0 Å². The van der Waals surface area contributed by atoms with Gasteiger partial charge in [0.15, 0.2) is 0 Å². The number of unbranched alkanes of at least 4 members (excludes halogenated alkanes) is 8. The monoisotopic (exact) mass is 318 g/mol. The highest BCUT2D eigenvalue weighted by Gasteiger charge is 2.05. The second-order valence-electron chi connectivity index (χ2n) is 6.20. The van der Waals surface area contributed by atoms with Gasteiger partial charge in [-0.3, -0.25) is 0 Å². The molecule has 0 aliphatic rings. The Balaban J connectivity index is 1.89. The van der Waals surface area contributed by atoms with Crippen molar-refractivity contribution in [1.82, 2.24) is 0 Å². The highest BCUT2D eigenvalue weighted by atomic mass is 16.5. The standard InChI is InChI=1S/C21H34O2/c1-2-3-4-5-6-7-8-9-10-11-15-18-23-19-21(22)20-16-13-12-14-17-20/h11-17,21-22H,2-10,18-19H2,1H3. The number of hydrogen-bond acceptors (Lipinski definition) is 2. The van der Waals surface area contributed by atoms with Gasteiger partial charge >= 0.3 is 0 Å². The third-order valence-electron chi connectivity index (χ3n) is 4.07. The SMILES string of the molecule is CCCCCCCCCCC=CCOCC(O)c1ccccc1. The summed E-state index contributed by atoms with van der Waals surface area (Å²) < 4.78 is 5.50. The summed E-state index contributed by atoms with van der Waals surface area (Å²) in [6.45, 7) is 3.20. The van der Waals surface area contributed by atoms with E-state index in [0.717, 1.165) is 12.0 Å². The molecule has 0 aromatic heterocycles. The fourth-order valence-electron chi connectivity index (χ4n) is 2.60. The van der Waals surface area contributed by atoms with E-state index in [0.29, 0.717) is 13.2 Å². The van der Waals surface area contributed by atoms with Gasteiger partial charge in [0.25, 0.3) is 0 Å². The molecular formula is C21H34O2. The fourth-order valence-corrected chi connectivity index (χ4v) is 2.60. The third-order valence-corrected chi connectivity index (χ3v) is 4.07. The second kappa shape index (κ2) is 14.5. The van der Waals surface area contributed by atoms with E-state index in [1.54, 1.807) is 0 Å². The first-order valence-electron chi connectivity index (χ1n) is 9.30. The van der Waals surface area contributed by atoms with Crippen molar-refractivity contribution in [2.45, 2.75) is 70.8 Å². The lowest BCUT2D eigenvalue weighted by atomic mass is 10.1. The van der Waals surface area contributed by atoms with Crippen LogP contribution in [-0.4, -0.2) is 18.3 Å². The van der Waals surface area contributed by atoms with Crippen LogP contribution in [0.4, 0.5) is 0 Å². The number of aliphatic hydroxyl groups is 1. The third kappa shape index (κ3) is 11.1. The Morgan fingerprint density at radius 2 is 1.57 bits per heavy atom. The van der Waals surface area contributed by atoms with E-state index in [4.69, 9.17) is 4.74 Å². The Kier molecular flexibility index (Phi) is 12.5. The van der Waals surface area contributed by atoms with Crippen LogP contribution in [0.5, 0.6) is 0 Å². The summed E-state index contributed by atoms with van der Waals surface area (Å²) >= 11 is 0. The van der Waals surface area contributed by atoms with Crippen molar-refractivity contribution >= 4 is 0 Å². The minimum absolute atomic E-state index is 0.353. The van der Waals surface area contributed by atoms with Crippen LogP contribution in [-0.2, 0) is 4.74 Å². The van der Waals surface area contributed by atoms with Crippen molar-refractivity contribution in [1.29, 1.82) is 0 Å². The zero-order valence-electron chi connectivity index (χ0n) is 14.8. The molecule has 0 aliphatic heterocycles. The topological polar surface area (TPSA) is 29.5 Å². The molecule has 0 radical (unpaired) electrons. The Hall–Kier alpha value is -1.12. The lowest BCUT2D eigenvalue weighted by Gasteiger charge is -2.10. The summed E-state index contributed by atoms with van der Waals surface area (Å²) in [6.07, 6.45) is 15.8. The van der Waals surface area contributed by atoms with Crippen LogP contribution >= 0.6 is 0 Å². The fraction of sp³-hybridized carbons (Fsp3) is 0.619. The number of ether oxygens (including phenoxy) is 1. The molecule has 0 spiro atoms. The molecule has 2 heteroatoms. The lowest BCUT2D eigenvalue weighted by molar-refractivity contribution is 0.0487. The normalized spacial score (nSPS) is 12.8. The summed E-state index contributed by atoms with van der Waals surface area (Å²) in [7, 11) is 0. The molecule has 23 heavy (non-hydrogen) atoms. The van der Waals surface area contributed by atoms with Crippen LogP contribution in [0, 0.1) is 0 Å². The van der Waals surface area contributed by atoms with Crippen LogP contribution in [0.15, 0.2) is 42.5 Å². The van der Waals surface area contributed by atoms with Gasteiger partial charge < -0.3 is 9.84 Å². The molecule has 1 N–H and O–H groups in total. The van der Waals surface area contributed by atoms with Crippen molar-refractivity contribution in [3.8, 4) is 0 Å². The quantitative estimate of drug-likeness (QED) is 0.346. The van der Waals surface area contributed by atoms with E-state index in [1.165, 1.54) is 51.4 Å². The molecule has 0 amide bonds. The van der Waals surface area contributed by atoms with Gasteiger partial charge in [0.1, 0.15) is 6.10 Å². The minimum Gasteiger partial charge on any atom is -0.386 e. The molecule has 1 aromatic carbocycles. The number of benzene rings is 1. The maximum atomic E-state index is 9.95. The minimum atomic E-state index is -0.530. The first-order chi connectivity index (χ1) is 11.3. The molecule has 1 atom stereocenters. The van der Waals surface area contributed by atoms with E-state index >= 15 is 0 Å². The highest BCUT2D eigenvalue weighted by Crippen LogP contribution is 2.12. The molecule has 1 aromatic rings. The van der Waals surface area contributed by atoms with Gasteiger partial charge in [-0.15, -0.1) is 0 Å². The zero-order chi connectivity index (χ0) is 16.6. The lowest BCUT2D eigenvalue weighted by Crippen LogP contribution is -2.06. The van der Waals surface area contributed by atoms with E-state index in [1.807, 2.05) is 30.3 Å². The first kappa shape index (κ1) is 19.9. The molecule has 0 fully saturated rings. The van der Waals surface area contributed by atoms with Crippen LogP contribution in [0.1, 0.15) is 76.4 Å². The molecule has 0 saturated heterocycles. The van der Waals surface area contributed by atoms with E-state index in [2.05, 4.69) is 19.1 Å².